The van der Waals surface area contributed by atoms with Crippen LogP contribution in [0.2, 0.25) is 0 Å². The molecule has 0 saturated carbocycles. The van der Waals surface area contributed by atoms with E-state index in [0.29, 0.717) is 28.5 Å². The molecule has 2 aromatic rings. The maximum Gasteiger partial charge on any atom is 0.234 e. The number of ketones is 1. The van der Waals surface area contributed by atoms with E-state index in [1.54, 1.807) is 23.5 Å². The number of Topliss-reactive ketones (excluding diaryl/α,β-unsaturated/α-hetero) is 1. The van der Waals surface area contributed by atoms with Crippen molar-refractivity contribution in [3.05, 3.63) is 40.1 Å². The number of thiophene rings is 1. The smallest absolute Gasteiger partial charge is 0.234 e. The largest absolute Gasteiger partial charge is 0.454 e. The molecule has 0 spiro atoms. The van der Waals surface area contributed by atoms with Gasteiger partial charge in [0.25, 0.3) is 0 Å². The van der Waals surface area contributed by atoms with Gasteiger partial charge >= 0.3 is 0 Å². The number of ether oxygens (including phenoxy) is 2. The van der Waals surface area contributed by atoms with Crippen LogP contribution in [0.25, 0.3) is 0 Å². The second-order valence-electron chi connectivity index (χ2n) is 4.93. The zero-order valence-corrected chi connectivity index (χ0v) is 14.1. The lowest BCUT2D eigenvalue weighted by atomic mass is 10.1. The highest BCUT2D eigenvalue weighted by Gasteiger charge is 2.20. The van der Waals surface area contributed by atoms with Crippen molar-refractivity contribution in [1.29, 1.82) is 0 Å². The highest BCUT2D eigenvalue weighted by atomic mass is 32.2. The van der Waals surface area contributed by atoms with E-state index in [4.69, 9.17) is 9.47 Å². The molecule has 1 aliphatic rings. The van der Waals surface area contributed by atoms with Crippen molar-refractivity contribution in [3.63, 3.8) is 0 Å². The Morgan fingerprint density at radius 3 is 2.78 bits per heavy atom. The van der Waals surface area contributed by atoms with Crippen LogP contribution in [0.3, 0.4) is 0 Å². The summed E-state index contributed by atoms with van der Waals surface area (Å²) in [6.07, 6.45) is 0. The molecule has 0 unspecified atom stereocenters. The highest BCUT2D eigenvalue weighted by molar-refractivity contribution is 7.99. The molecule has 23 heavy (non-hydrogen) atoms. The number of carbonyl (C=O) groups is 2. The molecule has 2 heterocycles. The minimum atomic E-state index is -0.145. The van der Waals surface area contributed by atoms with Gasteiger partial charge in [-0.05, 0) is 24.4 Å². The Hall–Kier alpha value is -1.99. The first-order valence-corrected chi connectivity index (χ1v) is 9.01. The number of fused-ring (bicyclic) bond motifs is 1. The van der Waals surface area contributed by atoms with Crippen LogP contribution in [0.1, 0.15) is 22.2 Å². The molecule has 1 aromatic heterocycles. The van der Waals surface area contributed by atoms with Crippen molar-refractivity contribution < 1.29 is 19.1 Å². The number of rotatable bonds is 6. The van der Waals surface area contributed by atoms with Gasteiger partial charge in [-0.3, -0.25) is 9.59 Å². The monoisotopic (exact) mass is 349 g/mol. The molecule has 1 amide bonds. The van der Waals surface area contributed by atoms with Crippen molar-refractivity contribution in [2.24, 2.45) is 0 Å². The molecule has 0 fully saturated rings. The number of hydrogen-bond acceptors (Lipinski definition) is 6. The summed E-state index contributed by atoms with van der Waals surface area (Å²) in [5, 5.41) is 4.80. The SMILES string of the molecule is CC(=O)c1cc2c(cc1NC(=O)CSCc1cccs1)OCO2. The summed E-state index contributed by atoms with van der Waals surface area (Å²) in [5.41, 5.74) is 0.884. The van der Waals surface area contributed by atoms with Gasteiger partial charge in [-0.15, -0.1) is 23.1 Å². The molecule has 0 aliphatic carbocycles. The molecule has 1 N–H and O–H groups in total. The number of thioether (sulfide) groups is 1. The van der Waals surface area contributed by atoms with E-state index in [2.05, 4.69) is 5.32 Å². The van der Waals surface area contributed by atoms with Gasteiger partial charge in [0.05, 0.1) is 11.4 Å². The maximum atomic E-state index is 12.1. The first kappa shape index (κ1) is 15.9. The molecule has 1 aromatic carbocycles. The standard InChI is InChI=1S/C16H15NO4S2/c1-10(18)12-5-14-15(21-9-20-14)6-13(12)17-16(19)8-22-7-11-3-2-4-23-11/h2-6H,7-9H2,1H3,(H,17,19). The maximum absolute atomic E-state index is 12.1. The lowest BCUT2D eigenvalue weighted by Gasteiger charge is -2.10. The lowest BCUT2D eigenvalue weighted by molar-refractivity contribution is -0.113. The molecule has 3 rings (SSSR count). The number of hydrogen-bond donors (Lipinski definition) is 1. The summed E-state index contributed by atoms with van der Waals surface area (Å²) >= 11 is 3.21. The average molecular weight is 349 g/mol. The Kier molecular flexibility index (Phi) is 4.88. The van der Waals surface area contributed by atoms with Crippen LogP contribution in [0, 0.1) is 0 Å². The molecule has 0 atom stereocenters. The molecule has 0 bridgehead atoms. The fraction of sp³-hybridized carbons (Fsp3) is 0.250. The van der Waals surface area contributed by atoms with E-state index in [1.807, 2.05) is 17.5 Å². The number of carbonyl (C=O) groups excluding carboxylic acids is 2. The summed E-state index contributed by atoms with van der Waals surface area (Å²) in [6, 6.07) is 7.29. The molecule has 0 radical (unpaired) electrons. The zero-order valence-electron chi connectivity index (χ0n) is 12.5. The predicted octanol–water partition coefficient (Wildman–Crippen LogP) is 3.55. The zero-order chi connectivity index (χ0) is 16.2. The van der Waals surface area contributed by atoms with Crippen molar-refractivity contribution in [1.82, 2.24) is 0 Å². The predicted molar refractivity (Wildman–Crippen MR) is 91.7 cm³/mol. The molecule has 5 nitrogen and oxygen atoms in total. The van der Waals surface area contributed by atoms with E-state index in [1.165, 1.54) is 23.6 Å². The quantitative estimate of drug-likeness (QED) is 0.808. The lowest BCUT2D eigenvalue weighted by Crippen LogP contribution is -2.16. The topological polar surface area (TPSA) is 64.6 Å². The first-order chi connectivity index (χ1) is 11.1. The Labute approximate surface area is 142 Å². The van der Waals surface area contributed by atoms with Crippen molar-refractivity contribution in [2.45, 2.75) is 12.7 Å². The van der Waals surface area contributed by atoms with Gasteiger partial charge in [-0.2, -0.15) is 0 Å². The fourth-order valence-electron chi connectivity index (χ4n) is 2.16. The van der Waals surface area contributed by atoms with Crippen LogP contribution in [0.15, 0.2) is 29.6 Å². The molecule has 7 heteroatoms. The Balaban J connectivity index is 1.64. The first-order valence-electron chi connectivity index (χ1n) is 6.98. The van der Waals surface area contributed by atoms with Crippen molar-refractivity contribution in [3.8, 4) is 11.5 Å². The summed E-state index contributed by atoms with van der Waals surface area (Å²) in [4.78, 5) is 25.1. The third-order valence-electron chi connectivity index (χ3n) is 3.22. The number of amides is 1. The van der Waals surface area contributed by atoms with Crippen molar-refractivity contribution >= 4 is 40.5 Å². The van der Waals surface area contributed by atoms with Gasteiger partial charge in [0.1, 0.15) is 0 Å². The van der Waals surface area contributed by atoms with Gasteiger partial charge in [0.2, 0.25) is 12.7 Å². The van der Waals surface area contributed by atoms with E-state index < -0.39 is 0 Å². The minimum Gasteiger partial charge on any atom is -0.454 e. The Morgan fingerprint density at radius 1 is 1.30 bits per heavy atom. The summed E-state index contributed by atoms with van der Waals surface area (Å²) in [5.74, 6) is 1.91. The normalized spacial score (nSPS) is 12.2. The fourth-order valence-corrected chi connectivity index (χ4v) is 3.83. The number of benzene rings is 1. The number of nitrogens with one attached hydrogen (secondary N) is 1. The Bertz CT molecular complexity index is 728. The second kappa shape index (κ2) is 7.06. The third kappa shape index (κ3) is 3.86. The van der Waals surface area contributed by atoms with Crippen LogP contribution in [-0.2, 0) is 10.5 Å². The molecule has 0 saturated heterocycles. The van der Waals surface area contributed by atoms with Gasteiger partial charge in [0.15, 0.2) is 17.3 Å². The average Bonchev–Trinajstić information content (AvgIpc) is 3.16. The summed E-state index contributed by atoms with van der Waals surface area (Å²) in [7, 11) is 0. The number of anilines is 1. The highest BCUT2D eigenvalue weighted by Crippen LogP contribution is 2.37. The van der Waals surface area contributed by atoms with Crippen LogP contribution in [0.4, 0.5) is 5.69 Å². The molecule has 120 valence electrons. The van der Waals surface area contributed by atoms with Gasteiger partial charge in [-0.25, -0.2) is 0 Å². The summed E-state index contributed by atoms with van der Waals surface area (Å²) in [6.45, 7) is 1.58. The van der Waals surface area contributed by atoms with Gasteiger partial charge in [-0.1, -0.05) is 6.07 Å². The molecular formula is C16H15NO4S2. The molecule has 1 aliphatic heterocycles. The van der Waals surface area contributed by atoms with Crippen LogP contribution in [0.5, 0.6) is 11.5 Å². The van der Waals surface area contributed by atoms with Crippen molar-refractivity contribution in [2.75, 3.05) is 17.9 Å². The van der Waals surface area contributed by atoms with Gasteiger partial charge in [0, 0.05) is 22.3 Å². The van der Waals surface area contributed by atoms with E-state index >= 15 is 0 Å². The van der Waals surface area contributed by atoms with E-state index in [-0.39, 0.29) is 18.5 Å². The van der Waals surface area contributed by atoms with Crippen LogP contribution < -0.4 is 14.8 Å². The second-order valence-corrected chi connectivity index (χ2v) is 6.95. The van der Waals surface area contributed by atoms with Crippen LogP contribution >= 0.6 is 23.1 Å². The third-order valence-corrected chi connectivity index (χ3v) is 5.26. The summed E-state index contributed by atoms with van der Waals surface area (Å²) < 4.78 is 10.6. The molecular weight excluding hydrogens is 334 g/mol. The van der Waals surface area contributed by atoms with E-state index in [9.17, 15) is 9.59 Å². The van der Waals surface area contributed by atoms with E-state index in [0.717, 1.165) is 5.75 Å². The van der Waals surface area contributed by atoms with Gasteiger partial charge < -0.3 is 14.8 Å². The van der Waals surface area contributed by atoms with Crippen LogP contribution in [-0.4, -0.2) is 24.2 Å². The Morgan fingerprint density at radius 2 is 2.09 bits per heavy atom. The minimum absolute atomic E-state index is 0.126.